The summed E-state index contributed by atoms with van der Waals surface area (Å²) in [6.07, 6.45) is 0. The molecule has 0 aliphatic rings. The summed E-state index contributed by atoms with van der Waals surface area (Å²) in [7, 11) is 0. The van der Waals surface area contributed by atoms with Crippen LogP contribution in [0.1, 0.15) is 0 Å². The van der Waals surface area contributed by atoms with E-state index in [0.717, 1.165) is 0 Å². The minimum Gasteiger partial charge on any atom is -0.306 e. The van der Waals surface area contributed by atoms with Crippen LogP contribution in [0.25, 0.3) is 0 Å². The molecule has 0 aromatic rings. The van der Waals surface area contributed by atoms with Gasteiger partial charge in [0.1, 0.15) is 0 Å². The molecule has 0 aliphatic carbocycles. The molecule has 0 amide bonds. The van der Waals surface area contributed by atoms with Crippen molar-refractivity contribution in [1.82, 2.24) is 0 Å². The largest absolute Gasteiger partial charge is 0.306 e. The molecule has 0 saturated heterocycles. The highest BCUT2D eigenvalue weighted by molar-refractivity contribution is 7.79. The zero-order valence-corrected chi connectivity index (χ0v) is 3.49. The average molecular weight is 93.1 g/mol. The van der Waals surface area contributed by atoms with Gasteiger partial charge < -0.3 is 4.55 Å². The Labute approximate surface area is 33.5 Å². The first-order valence-corrected chi connectivity index (χ1v) is 2.41. The molecule has 0 rings (SSSR count). The minimum atomic E-state index is -1.68. The summed E-state index contributed by atoms with van der Waals surface area (Å²) in [5.41, 5.74) is 0. The van der Waals surface area contributed by atoms with Crippen molar-refractivity contribution in [3.8, 4) is 0 Å². The van der Waals surface area contributed by atoms with Gasteiger partial charge in [-0.2, -0.15) is 0 Å². The van der Waals surface area contributed by atoms with Gasteiger partial charge in [0.05, 0.1) is 0 Å². The van der Waals surface area contributed by atoms with Gasteiger partial charge in [0.2, 0.25) is 0 Å². The van der Waals surface area contributed by atoms with Crippen LogP contribution in [-0.4, -0.2) is 14.5 Å². The first-order chi connectivity index (χ1) is 2.27. The van der Waals surface area contributed by atoms with Crippen LogP contribution in [0.5, 0.6) is 0 Å². The predicted molar refractivity (Wildman–Crippen MR) is 21.0 cm³/mol. The van der Waals surface area contributed by atoms with E-state index in [0.29, 0.717) is 0 Å². The van der Waals surface area contributed by atoms with Crippen LogP contribution in [0.15, 0.2) is 0 Å². The van der Waals surface area contributed by atoms with Crippen molar-refractivity contribution < 1.29 is 8.76 Å². The lowest BCUT2D eigenvalue weighted by atomic mass is 11.0. The summed E-state index contributed by atoms with van der Waals surface area (Å²) in [6.45, 7) is 3.14. The van der Waals surface area contributed by atoms with E-state index >= 15 is 0 Å². The van der Waals surface area contributed by atoms with Gasteiger partial charge in [-0.05, 0) is 6.92 Å². The third-order valence-corrected chi connectivity index (χ3v) is 0.524. The molecular formula is C2H5O2S. The Bertz CT molecular complexity index is 42.9. The van der Waals surface area contributed by atoms with E-state index in [1.54, 1.807) is 0 Å². The van der Waals surface area contributed by atoms with Crippen LogP contribution < -0.4 is 0 Å². The van der Waals surface area contributed by atoms with Crippen molar-refractivity contribution in [2.75, 3.05) is 5.75 Å². The van der Waals surface area contributed by atoms with Gasteiger partial charge in [-0.15, -0.1) is 0 Å². The molecule has 0 bridgehead atoms. The van der Waals surface area contributed by atoms with E-state index in [1.165, 1.54) is 0 Å². The first kappa shape index (κ1) is 5.11. The summed E-state index contributed by atoms with van der Waals surface area (Å²) in [5, 5.41) is 0. The van der Waals surface area contributed by atoms with E-state index in [-0.39, 0.29) is 5.75 Å². The van der Waals surface area contributed by atoms with Gasteiger partial charge >= 0.3 is 0 Å². The second kappa shape index (κ2) is 2.35. The van der Waals surface area contributed by atoms with Crippen LogP contribution in [0.3, 0.4) is 0 Å². The second-order valence-corrected chi connectivity index (χ2v) is 1.58. The van der Waals surface area contributed by atoms with Gasteiger partial charge in [0.25, 0.3) is 0 Å². The first-order valence-electron chi connectivity index (χ1n) is 1.14. The predicted octanol–water partition coefficient (Wildman–Crippen LogP) is 0.0422. The molecule has 0 heterocycles. The monoisotopic (exact) mass is 93.0 g/mol. The fourth-order valence-corrected chi connectivity index (χ4v) is 0. The minimum absolute atomic E-state index is 0.0833. The number of hydrogen-bond donors (Lipinski definition) is 1. The lowest BCUT2D eigenvalue weighted by Crippen LogP contribution is -1.85. The summed E-state index contributed by atoms with van der Waals surface area (Å²) < 4.78 is 17.2. The van der Waals surface area contributed by atoms with Crippen molar-refractivity contribution in [2.24, 2.45) is 0 Å². The molecule has 1 unspecified atom stereocenters. The molecule has 0 aromatic carbocycles. The van der Waals surface area contributed by atoms with Crippen molar-refractivity contribution in [3.05, 3.63) is 6.92 Å². The SMILES string of the molecule is [CH2]CS(=O)O. The fraction of sp³-hybridized carbons (Fsp3) is 0.500. The van der Waals surface area contributed by atoms with Crippen LogP contribution in [0.2, 0.25) is 0 Å². The molecule has 31 valence electrons. The molecule has 0 aliphatic heterocycles. The summed E-state index contributed by atoms with van der Waals surface area (Å²) in [4.78, 5) is 0. The average Bonchev–Trinajstić information content (AvgIpc) is 1.38. The second-order valence-electron chi connectivity index (χ2n) is 0.526. The van der Waals surface area contributed by atoms with Crippen LogP contribution >= 0.6 is 0 Å². The lowest BCUT2D eigenvalue weighted by Gasteiger charge is -1.73. The Morgan fingerprint density at radius 3 is 2.20 bits per heavy atom. The van der Waals surface area contributed by atoms with Gasteiger partial charge in [0.15, 0.2) is 11.1 Å². The maximum Gasteiger partial charge on any atom is 0.152 e. The van der Waals surface area contributed by atoms with E-state index in [4.69, 9.17) is 4.55 Å². The molecule has 5 heavy (non-hydrogen) atoms. The summed E-state index contributed by atoms with van der Waals surface area (Å²) in [5.74, 6) is 0.0833. The lowest BCUT2D eigenvalue weighted by molar-refractivity contribution is 0.567. The maximum atomic E-state index is 9.42. The maximum absolute atomic E-state index is 9.42. The van der Waals surface area contributed by atoms with E-state index in [9.17, 15) is 4.21 Å². The highest BCUT2D eigenvalue weighted by Gasteiger charge is 1.76. The molecule has 0 spiro atoms. The van der Waals surface area contributed by atoms with Gasteiger partial charge in [-0.25, -0.2) is 4.21 Å². The fourth-order valence-electron chi connectivity index (χ4n) is 0. The summed E-state index contributed by atoms with van der Waals surface area (Å²) in [6, 6.07) is 0. The van der Waals surface area contributed by atoms with Gasteiger partial charge in [0, 0.05) is 5.75 Å². The normalized spacial score (nSPS) is 14.8. The zero-order chi connectivity index (χ0) is 4.28. The van der Waals surface area contributed by atoms with Crippen LogP contribution in [-0.2, 0) is 11.1 Å². The van der Waals surface area contributed by atoms with Crippen molar-refractivity contribution in [3.63, 3.8) is 0 Å². The van der Waals surface area contributed by atoms with Crippen LogP contribution in [0.4, 0.5) is 0 Å². The Morgan fingerprint density at radius 1 is 2.00 bits per heavy atom. The molecule has 1 N–H and O–H groups in total. The van der Waals surface area contributed by atoms with Crippen molar-refractivity contribution in [1.29, 1.82) is 0 Å². The standard InChI is InChI=1S/C2H5O2S/c1-2-5(3)4/h1-2H2,(H,3,4). The van der Waals surface area contributed by atoms with E-state index in [1.807, 2.05) is 0 Å². The molecule has 1 radical (unpaired) electrons. The Balaban J connectivity index is 2.85. The Kier molecular flexibility index (Phi) is 2.41. The van der Waals surface area contributed by atoms with Crippen molar-refractivity contribution in [2.45, 2.75) is 0 Å². The molecule has 0 saturated carbocycles. The molecule has 0 fully saturated rings. The molecule has 2 nitrogen and oxygen atoms in total. The third kappa shape index (κ3) is 4.11. The highest BCUT2D eigenvalue weighted by Crippen LogP contribution is 1.63. The Hall–Kier alpha value is 0.110. The highest BCUT2D eigenvalue weighted by atomic mass is 32.2. The van der Waals surface area contributed by atoms with Gasteiger partial charge in [-0.3, -0.25) is 0 Å². The third-order valence-electron chi connectivity index (χ3n) is 0.175. The quantitative estimate of drug-likeness (QED) is 0.465. The molecule has 3 heteroatoms. The van der Waals surface area contributed by atoms with Crippen LogP contribution in [0, 0.1) is 6.92 Å². The van der Waals surface area contributed by atoms with Gasteiger partial charge in [-0.1, -0.05) is 0 Å². The molecular weight excluding hydrogens is 88.1 g/mol. The van der Waals surface area contributed by atoms with E-state index < -0.39 is 11.1 Å². The van der Waals surface area contributed by atoms with E-state index in [2.05, 4.69) is 6.92 Å². The van der Waals surface area contributed by atoms with Crippen molar-refractivity contribution >= 4 is 11.1 Å². The molecule has 1 atom stereocenters. The Morgan fingerprint density at radius 2 is 2.20 bits per heavy atom. The number of rotatable bonds is 1. The molecule has 0 aromatic heterocycles. The smallest absolute Gasteiger partial charge is 0.152 e. The summed E-state index contributed by atoms with van der Waals surface area (Å²) >= 11 is -1.68. The topological polar surface area (TPSA) is 37.3 Å². The zero-order valence-electron chi connectivity index (χ0n) is 2.68. The number of hydrogen-bond acceptors (Lipinski definition) is 1.